The van der Waals surface area contributed by atoms with Crippen molar-refractivity contribution in [3.63, 3.8) is 0 Å². The lowest BCUT2D eigenvalue weighted by Gasteiger charge is -2.34. The van der Waals surface area contributed by atoms with Crippen LogP contribution >= 0.6 is 0 Å². The molecule has 0 bridgehead atoms. The van der Waals surface area contributed by atoms with Crippen LogP contribution in [0.3, 0.4) is 0 Å². The Hall–Kier alpha value is -1.16. The molecule has 1 aromatic carbocycles. The van der Waals surface area contributed by atoms with Crippen molar-refractivity contribution in [2.24, 2.45) is 11.8 Å². The van der Waals surface area contributed by atoms with Gasteiger partial charge in [0.1, 0.15) is 5.78 Å². The lowest BCUT2D eigenvalue weighted by atomic mass is 9.71. The molecule has 3 unspecified atom stereocenters. The van der Waals surface area contributed by atoms with Crippen LogP contribution in [0, 0.1) is 11.8 Å². The third kappa shape index (κ3) is 6.94. The zero-order valence-electron chi connectivity index (χ0n) is 19.0. The average Bonchev–Trinajstić information content (AvgIpc) is 2.63. The molecule has 3 atom stereocenters. The predicted molar refractivity (Wildman–Crippen MR) is 122 cm³/mol. The number of ketones is 1. The molecule has 4 heteroatoms. The molecule has 1 fully saturated rings. The number of sulfone groups is 1. The minimum absolute atomic E-state index is 0.213. The molecule has 0 radical (unpaired) electrons. The summed E-state index contributed by atoms with van der Waals surface area (Å²) in [7, 11) is -3.05. The first-order valence-electron chi connectivity index (χ1n) is 11.3. The van der Waals surface area contributed by atoms with E-state index in [-0.39, 0.29) is 11.5 Å². The Labute approximate surface area is 178 Å². The van der Waals surface area contributed by atoms with Crippen LogP contribution in [0.5, 0.6) is 0 Å². The van der Waals surface area contributed by atoms with Crippen molar-refractivity contribution in [3.8, 4) is 0 Å². The van der Waals surface area contributed by atoms with E-state index in [9.17, 15) is 13.2 Å². The fourth-order valence-corrected chi connectivity index (χ4v) is 5.54. The van der Waals surface area contributed by atoms with Crippen LogP contribution in [-0.4, -0.2) is 24.7 Å². The van der Waals surface area contributed by atoms with E-state index in [1.54, 1.807) is 20.8 Å². The van der Waals surface area contributed by atoms with Crippen LogP contribution in [-0.2, 0) is 21.1 Å². The quantitative estimate of drug-likeness (QED) is 0.453. The maximum absolute atomic E-state index is 12.3. The highest BCUT2D eigenvalue weighted by Crippen LogP contribution is 2.40. The van der Waals surface area contributed by atoms with Gasteiger partial charge in [-0.1, -0.05) is 57.4 Å². The molecule has 164 valence electrons. The predicted octanol–water partition coefficient (Wildman–Crippen LogP) is 6.11. The molecule has 0 aliphatic heterocycles. The fraction of sp³-hybridized carbons (Fsp3) is 0.720. The van der Waals surface area contributed by atoms with E-state index in [2.05, 4.69) is 38.1 Å². The van der Waals surface area contributed by atoms with E-state index in [1.807, 2.05) is 0 Å². The Kier molecular flexibility index (Phi) is 8.51. The molecule has 0 spiro atoms. The second kappa shape index (κ2) is 10.2. The molecule has 29 heavy (non-hydrogen) atoms. The molecule has 0 aromatic heterocycles. The molecular weight excluding hydrogens is 380 g/mol. The van der Waals surface area contributed by atoms with Crippen LogP contribution in [0.15, 0.2) is 24.3 Å². The van der Waals surface area contributed by atoms with E-state index in [1.165, 1.54) is 24.8 Å². The third-order valence-electron chi connectivity index (χ3n) is 6.82. The first-order valence-corrected chi connectivity index (χ1v) is 13.0. The Morgan fingerprint density at radius 1 is 1.00 bits per heavy atom. The molecule has 0 saturated heterocycles. The van der Waals surface area contributed by atoms with Gasteiger partial charge in [0.2, 0.25) is 0 Å². The van der Waals surface area contributed by atoms with Crippen molar-refractivity contribution in [3.05, 3.63) is 35.4 Å². The molecule has 0 amide bonds. The first-order chi connectivity index (χ1) is 13.5. The third-order valence-corrected chi connectivity index (χ3v) is 9.51. The van der Waals surface area contributed by atoms with Crippen LogP contribution in [0.1, 0.15) is 96.6 Å². The SMILES string of the molecule is CC1CCCC(c2ccc(CC(=O)CCCCCS(=O)(=O)C(C)(C)C)cc2)C1C. The van der Waals surface area contributed by atoms with Crippen LogP contribution in [0.4, 0.5) is 0 Å². The molecule has 2 rings (SSSR count). The van der Waals surface area contributed by atoms with Crippen molar-refractivity contribution in [1.29, 1.82) is 0 Å². The molecule has 1 saturated carbocycles. The Balaban J connectivity index is 1.74. The molecule has 0 heterocycles. The Morgan fingerprint density at radius 2 is 1.66 bits per heavy atom. The lowest BCUT2D eigenvalue weighted by molar-refractivity contribution is -0.118. The van der Waals surface area contributed by atoms with Gasteiger partial charge in [-0.05, 0) is 68.9 Å². The number of carbonyl (C=O) groups excluding carboxylic acids is 1. The normalized spacial score (nSPS) is 23.1. The van der Waals surface area contributed by atoms with E-state index in [0.29, 0.717) is 25.2 Å². The zero-order valence-corrected chi connectivity index (χ0v) is 19.9. The van der Waals surface area contributed by atoms with Gasteiger partial charge in [-0.15, -0.1) is 0 Å². The van der Waals surface area contributed by atoms with E-state index < -0.39 is 14.6 Å². The van der Waals surface area contributed by atoms with Crippen LogP contribution in [0.2, 0.25) is 0 Å². The minimum Gasteiger partial charge on any atom is -0.299 e. The molecule has 0 N–H and O–H groups in total. The van der Waals surface area contributed by atoms with Gasteiger partial charge in [0.15, 0.2) is 9.84 Å². The topological polar surface area (TPSA) is 51.2 Å². The number of hydrogen-bond donors (Lipinski definition) is 0. The van der Waals surface area contributed by atoms with Gasteiger partial charge in [0.05, 0.1) is 10.5 Å². The van der Waals surface area contributed by atoms with E-state index >= 15 is 0 Å². The maximum Gasteiger partial charge on any atom is 0.155 e. The van der Waals surface area contributed by atoms with Crippen molar-refractivity contribution in [2.45, 2.75) is 96.7 Å². The second-order valence-corrected chi connectivity index (χ2v) is 12.9. The van der Waals surface area contributed by atoms with Gasteiger partial charge in [0, 0.05) is 12.8 Å². The van der Waals surface area contributed by atoms with Gasteiger partial charge in [-0.2, -0.15) is 0 Å². The van der Waals surface area contributed by atoms with Crippen LogP contribution in [0.25, 0.3) is 0 Å². The summed E-state index contributed by atoms with van der Waals surface area (Å²) in [5, 5.41) is 0. The molecule has 1 aliphatic carbocycles. The number of unbranched alkanes of at least 4 members (excludes halogenated alkanes) is 2. The number of benzene rings is 1. The van der Waals surface area contributed by atoms with E-state index in [0.717, 1.165) is 30.2 Å². The summed E-state index contributed by atoms with van der Waals surface area (Å²) in [6, 6.07) is 8.68. The van der Waals surface area contributed by atoms with Crippen molar-refractivity contribution in [2.75, 3.05) is 5.75 Å². The Bertz CT molecular complexity index is 756. The average molecular weight is 421 g/mol. The van der Waals surface area contributed by atoms with E-state index in [4.69, 9.17) is 0 Å². The summed E-state index contributed by atoms with van der Waals surface area (Å²) in [6.07, 6.45) is 7.14. The number of hydrogen-bond acceptors (Lipinski definition) is 3. The Morgan fingerprint density at radius 3 is 2.28 bits per heavy atom. The van der Waals surface area contributed by atoms with Gasteiger partial charge in [-0.25, -0.2) is 8.42 Å². The van der Waals surface area contributed by atoms with Gasteiger partial charge in [0.25, 0.3) is 0 Å². The van der Waals surface area contributed by atoms with Crippen molar-refractivity contribution >= 4 is 15.6 Å². The molecule has 3 nitrogen and oxygen atoms in total. The summed E-state index contributed by atoms with van der Waals surface area (Å²) >= 11 is 0. The van der Waals surface area contributed by atoms with Crippen molar-refractivity contribution in [1.82, 2.24) is 0 Å². The number of rotatable bonds is 9. The smallest absolute Gasteiger partial charge is 0.155 e. The zero-order chi connectivity index (χ0) is 21.7. The second-order valence-electron chi connectivity index (χ2n) is 10.1. The highest BCUT2D eigenvalue weighted by Gasteiger charge is 2.28. The molecular formula is C25H40O3S. The maximum atomic E-state index is 12.3. The number of carbonyl (C=O) groups is 1. The summed E-state index contributed by atoms with van der Waals surface area (Å²) < 4.78 is 23.5. The summed E-state index contributed by atoms with van der Waals surface area (Å²) in [4.78, 5) is 12.3. The standard InChI is InChI=1S/C25H40O3S/c1-19-10-9-12-24(20(19)2)22-15-13-21(14-16-22)18-23(26)11-7-6-8-17-29(27,28)25(3,4)5/h13-16,19-20,24H,6-12,17-18H2,1-5H3. The largest absolute Gasteiger partial charge is 0.299 e. The summed E-state index contributed by atoms with van der Waals surface area (Å²) in [6.45, 7) is 9.97. The fourth-order valence-electron chi connectivity index (χ4n) is 4.35. The number of Topliss-reactive ketones (excluding diaryl/α,β-unsaturated/α-hetero) is 1. The van der Waals surface area contributed by atoms with Crippen molar-refractivity contribution < 1.29 is 13.2 Å². The first kappa shape index (κ1) is 24.1. The van der Waals surface area contributed by atoms with Gasteiger partial charge >= 0.3 is 0 Å². The summed E-state index contributed by atoms with van der Waals surface area (Å²) in [5.74, 6) is 2.61. The van der Waals surface area contributed by atoms with Gasteiger partial charge < -0.3 is 0 Å². The highest BCUT2D eigenvalue weighted by molar-refractivity contribution is 7.92. The lowest BCUT2D eigenvalue weighted by Crippen LogP contribution is -2.30. The minimum atomic E-state index is -3.05. The molecule has 1 aliphatic rings. The van der Waals surface area contributed by atoms with Crippen LogP contribution < -0.4 is 0 Å². The monoisotopic (exact) mass is 420 g/mol. The highest BCUT2D eigenvalue weighted by atomic mass is 32.2. The summed E-state index contributed by atoms with van der Waals surface area (Å²) in [5.41, 5.74) is 2.51. The van der Waals surface area contributed by atoms with Gasteiger partial charge in [-0.3, -0.25) is 4.79 Å². The molecule has 1 aromatic rings.